The highest BCUT2D eigenvalue weighted by Gasteiger charge is 2.33. The lowest BCUT2D eigenvalue weighted by atomic mass is 10.0. The highest BCUT2D eigenvalue weighted by Crippen LogP contribution is 2.32. The predicted molar refractivity (Wildman–Crippen MR) is 103 cm³/mol. The van der Waals surface area contributed by atoms with Gasteiger partial charge < -0.3 is 25.0 Å². The molecule has 1 aromatic carbocycles. The van der Waals surface area contributed by atoms with E-state index in [2.05, 4.69) is 5.32 Å². The monoisotopic (exact) mass is 405 g/mol. The molecule has 156 valence electrons. The second kappa shape index (κ2) is 8.60. The van der Waals surface area contributed by atoms with Crippen LogP contribution in [-0.2, 0) is 19.1 Å². The molecule has 2 N–H and O–H groups in total. The van der Waals surface area contributed by atoms with Gasteiger partial charge in [-0.25, -0.2) is 9.18 Å². The molecular formula is C20H24FN3O5. The molecule has 2 aliphatic rings. The predicted octanol–water partition coefficient (Wildman–Crippen LogP) is 0.649. The molecule has 1 fully saturated rings. The van der Waals surface area contributed by atoms with Gasteiger partial charge in [0.25, 0.3) is 0 Å². The first-order chi connectivity index (χ1) is 13.8. The van der Waals surface area contributed by atoms with Crippen molar-refractivity contribution in [3.63, 3.8) is 0 Å². The lowest BCUT2D eigenvalue weighted by molar-refractivity contribution is -0.140. The third-order valence-corrected chi connectivity index (χ3v) is 5.09. The lowest BCUT2D eigenvalue weighted by Gasteiger charge is -2.36. The van der Waals surface area contributed by atoms with Crippen molar-refractivity contribution in [2.75, 3.05) is 37.7 Å². The van der Waals surface area contributed by atoms with Crippen LogP contribution in [0.2, 0.25) is 0 Å². The molecule has 2 amide bonds. The second-order valence-corrected chi connectivity index (χ2v) is 7.05. The SMILES string of the molecule is CC(=O)N[C@@H]1OC(=O)C(c2ccc(N3CCN(C(=O)CCO)CC3)c(F)c2)=C1C. The van der Waals surface area contributed by atoms with Crippen LogP contribution in [-0.4, -0.2) is 66.8 Å². The van der Waals surface area contributed by atoms with Gasteiger partial charge in [-0.1, -0.05) is 6.07 Å². The molecule has 0 aromatic heterocycles. The van der Waals surface area contributed by atoms with Crippen molar-refractivity contribution < 1.29 is 28.6 Å². The number of cyclic esters (lactones) is 1. The van der Waals surface area contributed by atoms with Gasteiger partial charge in [0.2, 0.25) is 11.8 Å². The van der Waals surface area contributed by atoms with Gasteiger partial charge in [0.05, 0.1) is 17.9 Å². The smallest absolute Gasteiger partial charge is 0.341 e. The molecule has 8 nitrogen and oxygen atoms in total. The summed E-state index contributed by atoms with van der Waals surface area (Å²) in [6, 6.07) is 4.54. The number of anilines is 1. The van der Waals surface area contributed by atoms with E-state index in [4.69, 9.17) is 9.84 Å². The Bertz CT molecular complexity index is 862. The summed E-state index contributed by atoms with van der Waals surface area (Å²) < 4.78 is 20.0. The van der Waals surface area contributed by atoms with Gasteiger partial charge in [0, 0.05) is 45.1 Å². The molecule has 0 radical (unpaired) electrons. The number of rotatable bonds is 5. The van der Waals surface area contributed by atoms with E-state index >= 15 is 0 Å². The van der Waals surface area contributed by atoms with E-state index in [1.54, 1.807) is 24.0 Å². The molecule has 0 aliphatic carbocycles. The first kappa shape index (κ1) is 20.8. The highest BCUT2D eigenvalue weighted by atomic mass is 19.1. The van der Waals surface area contributed by atoms with E-state index in [9.17, 15) is 18.8 Å². The van der Waals surface area contributed by atoms with Gasteiger partial charge >= 0.3 is 5.97 Å². The number of halogens is 1. The Hall–Kier alpha value is -2.94. The van der Waals surface area contributed by atoms with Crippen LogP contribution in [0.15, 0.2) is 23.8 Å². The van der Waals surface area contributed by atoms with Crippen LogP contribution in [0.1, 0.15) is 25.8 Å². The number of esters is 1. The van der Waals surface area contributed by atoms with Gasteiger partial charge in [-0.3, -0.25) is 9.59 Å². The molecule has 2 aliphatic heterocycles. The fourth-order valence-electron chi connectivity index (χ4n) is 3.58. The minimum absolute atomic E-state index is 0.0904. The Morgan fingerprint density at radius 2 is 1.97 bits per heavy atom. The zero-order chi connectivity index (χ0) is 21.1. The Kier molecular flexibility index (Phi) is 6.17. The Balaban J connectivity index is 1.74. The number of carbonyl (C=O) groups is 3. The summed E-state index contributed by atoms with van der Waals surface area (Å²) in [4.78, 5) is 38.8. The second-order valence-electron chi connectivity index (χ2n) is 7.05. The number of hydrogen-bond donors (Lipinski definition) is 2. The molecule has 0 unspecified atom stereocenters. The molecule has 1 aromatic rings. The van der Waals surface area contributed by atoms with E-state index in [0.29, 0.717) is 43.0 Å². The molecule has 1 saturated heterocycles. The standard InChI is InChI=1S/C20H24FN3O5/c1-12-18(20(28)29-19(12)22-13(2)26)14-3-4-16(15(21)11-14)23-6-8-24(9-7-23)17(27)5-10-25/h3-4,11,19,25H,5-10H2,1-2H3,(H,22,26)/t19-/m1/s1. The zero-order valence-electron chi connectivity index (χ0n) is 16.4. The molecule has 2 heterocycles. The van der Waals surface area contributed by atoms with Crippen LogP contribution in [0.4, 0.5) is 10.1 Å². The number of amides is 2. The summed E-state index contributed by atoms with van der Waals surface area (Å²) in [7, 11) is 0. The van der Waals surface area contributed by atoms with Crippen LogP contribution in [0.25, 0.3) is 5.57 Å². The van der Waals surface area contributed by atoms with Crippen LogP contribution in [0, 0.1) is 5.82 Å². The van der Waals surface area contributed by atoms with Crippen LogP contribution in [0.5, 0.6) is 0 Å². The fourth-order valence-corrected chi connectivity index (χ4v) is 3.58. The maximum atomic E-state index is 14.8. The van der Waals surface area contributed by atoms with Gasteiger partial charge in [-0.15, -0.1) is 0 Å². The average Bonchev–Trinajstić information content (AvgIpc) is 2.94. The van der Waals surface area contributed by atoms with E-state index < -0.39 is 18.0 Å². The number of aliphatic hydroxyl groups is 1. The summed E-state index contributed by atoms with van der Waals surface area (Å²) in [6.07, 6.45) is -0.755. The number of ether oxygens (including phenoxy) is 1. The van der Waals surface area contributed by atoms with Gasteiger partial charge in [0.15, 0.2) is 6.23 Å². The third-order valence-electron chi connectivity index (χ3n) is 5.09. The number of nitrogens with one attached hydrogen (secondary N) is 1. The normalized spacial score (nSPS) is 19.4. The van der Waals surface area contributed by atoms with Crippen molar-refractivity contribution in [3.05, 3.63) is 35.2 Å². The number of nitrogens with zero attached hydrogens (tertiary/aromatic N) is 2. The molecule has 0 saturated carbocycles. The van der Waals surface area contributed by atoms with Crippen molar-refractivity contribution in [1.82, 2.24) is 10.2 Å². The van der Waals surface area contributed by atoms with Crippen molar-refractivity contribution in [2.24, 2.45) is 0 Å². The summed E-state index contributed by atoms with van der Waals surface area (Å²) in [5, 5.41) is 11.4. The number of benzene rings is 1. The van der Waals surface area contributed by atoms with Crippen LogP contribution < -0.4 is 10.2 Å². The topological polar surface area (TPSA) is 99.2 Å². The number of hydrogen-bond acceptors (Lipinski definition) is 6. The Morgan fingerprint density at radius 1 is 1.28 bits per heavy atom. The molecular weight excluding hydrogens is 381 g/mol. The number of carbonyl (C=O) groups excluding carboxylic acids is 3. The Morgan fingerprint density at radius 3 is 2.55 bits per heavy atom. The highest BCUT2D eigenvalue weighted by molar-refractivity contribution is 6.19. The lowest BCUT2D eigenvalue weighted by Crippen LogP contribution is -2.49. The molecule has 1 atom stereocenters. The average molecular weight is 405 g/mol. The minimum atomic E-state index is -0.845. The minimum Gasteiger partial charge on any atom is -0.434 e. The third kappa shape index (κ3) is 4.40. The van der Waals surface area contributed by atoms with Gasteiger partial charge in [0.1, 0.15) is 5.82 Å². The molecule has 9 heteroatoms. The van der Waals surface area contributed by atoms with E-state index in [1.807, 2.05) is 4.90 Å². The van der Waals surface area contributed by atoms with Crippen molar-refractivity contribution in [3.8, 4) is 0 Å². The van der Waals surface area contributed by atoms with E-state index in [-0.39, 0.29) is 30.4 Å². The van der Waals surface area contributed by atoms with E-state index in [0.717, 1.165) is 0 Å². The largest absolute Gasteiger partial charge is 0.434 e. The maximum Gasteiger partial charge on any atom is 0.341 e. The van der Waals surface area contributed by atoms with Crippen LogP contribution in [0.3, 0.4) is 0 Å². The molecule has 3 rings (SSSR count). The van der Waals surface area contributed by atoms with Crippen molar-refractivity contribution in [1.29, 1.82) is 0 Å². The number of piperazine rings is 1. The molecule has 0 spiro atoms. The van der Waals surface area contributed by atoms with Crippen molar-refractivity contribution in [2.45, 2.75) is 26.5 Å². The summed E-state index contributed by atoms with van der Waals surface area (Å²) >= 11 is 0. The fraction of sp³-hybridized carbons (Fsp3) is 0.450. The molecule has 0 bridgehead atoms. The summed E-state index contributed by atoms with van der Waals surface area (Å²) in [6.45, 7) is 4.66. The van der Waals surface area contributed by atoms with Gasteiger partial charge in [-0.2, -0.15) is 0 Å². The maximum absolute atomic E-state index is 14.8. The first-order valence-corrected chi connectivity index (χ1v) is 9.44. The Labute approximate surface area is 167 Å². The summed E-state index contributed by atoms with van der Waals surface area (Å²) in [5.41, 5.74) is 1.55. The zero-order valence-corrected chi connectivity index (χ0v) is 16.4. The number of aliphatic hydroxyl groups excluding tert-OH is 1. The van der Waals surface area contributed by atoms with Crippen molar-refractivity contribution >= 4 is 29.0 Å². The van der Waals surface area contributed by atoms with Gasteiger partial charge in [-0.05, 0) is 24.6 Å². The first-order valence-electron chi connectivity index (χ1n) is 9.44. The summed E-state index contributed by atoms with van der Waals surface area (Å²) in [5.74, 6) is -1.53. The van der Waals surface area contributed by atoms with E-state index in [1.165, 1.54) is 13.0 Å². The quantitative estimate of drug-likeness (QED) is 0.698. The van der Waals surface area contributed by atoms with Crippen LogP contribution >= 0.6 is 0 Å². The molecule has 29 heavy (non-hydrogen) atoms.